The molecule has 0 aliphatic carbocycles. The van der Waals surface area contributed by atoms with Crippen LogP contribution in [0.3, 0.4) is 0 Å². The van der Waals surface area contributed by atoms with Crippen molar-refractivity contribution in [3.8, 4) is 0 Å². The molecule has 0 unspecified atom stereocenters. The first-order valence-corrected chi connectivity index (χ1v) is 13.2. The number of amides is 2. The summed E-state index contributed by atoms with van der Waals surface area (Å²) in [6, 6.07) is 19.3. The number of hydrogen-bond acceptors (Lipinski definition) is 4. The van der Waals surface area contributed by atoms with Crippen LogP contribution in [0, 0.1) is 5.92 Å². The Bertz CT molecular complexity index is 1190. The lowest BCUT2D eigenvalue weighted by Gasteiger charge is -2.33. The summed E-state index contributed by atoms with van der Waals surface area (Å²) in [7, 11) is 0. The van der Waals surface area contributed by atoms with E-state index in [9.17, 15) is 9.59 Å². The minimum atomic E-state index is -0.181. The molecule has 1 fully saturated rings. The number of fused-ring (bicyclic) bond motifs is 1. The number of nitrogens with one attached hydrogen (secondary N) is 2. The largest absolute Gasteiger partial charge is 0.371 e. The van der Waals surface area contributed by atoms with Gasteiger partial charge >= 0.3 is 0 Å². The van der Waals surface area contributed by atoms with Crippen LogP contribution in [0.4, 0.5) is 11.4 Å². The minimum absolute atomic E-state index is 0.1000. The van der Waals surface area contributed by atoms with Crippen molar-refractivity contribution >= 4 is 34.0 Å². The number of carbonyl (C=O) groups excluding carboxylic acids is 2. The van der Waals surface area contributed by atoms with Crippen LogP contribution in [0.25, 0.3) is 10.8 Å². The molecule has 36 heavy (non-hydrogen) atoms. The monoisotopic (exact) mass is 486 g/mol. The van der Waals surface area contributed by atoms with Gasteiger partial charge in [0.05, 0.1) is 5.56 Å². The third kappa shape index (κ3) is 6.05. The number of benzene rings is 3. The van der Waals surface area contributed by atoms with Crippen LogP contribution in [0.5, 0.6) is 0 Å². The standard InChI is InChI=1S/C30H38N4O2/c1-4-33(5-2)20-17-31-29(35)27-21-24(13-14-28(27)34-18-15-22(3)16-19-34)32-30(36)26-12-8-10-23-9-6-7-11-25(23)26/h6-14,21-22H,4-5,15-20H2,1-3H3,(H,31,35)(H,32,36). The van der Waals surface area contributed by atoms with Gasteiger partial charge in [0.1, 0.15) is 0 Å². The lowest BCUT2D eigenvalue weighted by Crippen LogP contribution is -2.37. The maximum absolute atomic E-state index is 13.3. The molecule has 3 aromatic rings. The van der Waals surface area contributed by atoms with Crippen LogP contribution in [0.2, 0.25) is 0 Å². The van der Waals surface area contributed by atoms with Gasteiger partial charge in [0.2, 0.25) is 0 Å². The molecule has 1 saturated heterocycles. The summed E-state index contributed by atoms with van der Waals surface area (Å²) in [4.78, 5) is 31.1. The van der Waals surface area contributed by atoms with Gasteiger partial charge in [-0.1, -0.05) is 57.2 Å². The van der Waals surface area contributed by atoms with E-state index in [2.05, 4.69) is 41.2 Å². The van der Waals surface area contributed by atoms with Crippen molar-refractivity contribution in [3.63, 3.8) is 0 Å². The van der Waals surface area contributed by atoms with Gasteiger partial charge in [0.25, 0.3) is 11.8 Å². The smallest absolute Gasteiger partial charge is 0.256 e. The zero-order chi connectivity index (χ0) is 25.5. The van der Waals surface area contributed by atoms with Crippen molar-refractivity contribution < 1.29 is 9.59 Å². The number of piperidine rings is 1. The van der Waals surface area contributed by atoms with Crippen LogP contribution in [-0.4, -0.2) is 56.0 Å². The molecular weight excluding hydrogens is 448 g/mol. The fraction of sp³-hybridized carbons (Fsp3) is 0.400. The molecule has 2 N–H and O–H groups in total. The molecule has 6 nitrogen and oxygen atoms in total. The second kappa shape index (κ2) is 12.0. The van der Waals surface area contributed by atoms with Gasteiger partial charge in [-0.3, -0.25) is 9.59 Å². The molecule has 4 rings (SSSR count). The van der Waals surface area contributed by atoms with Gasteiger partial charge in [0.15, 0.2) is 0 Å². The van der Waals surface area contributed by atoms with E-state index in [-0.39, 0.29) is 11.8 Å². The number of hydrogen-bond donors (Lipinski definition) is 2. The Hall–Kier alpha value is -3.38. The highest BCUT2D eigenvalue weighted by molar-refractivity contribution is 6.13. The summed E-state index contributed by atoms with van der Waals surface area (Å²) in [5.74, 6) is 0.420. The predicted octanol–water partition coefficient (Wildman–Crippen LogP) is 5.40. The zero-order valence-electron chi connectivity index (χ0n) is 21.7. The van der Waals surface area contributed by atoms with E-state index >= 15 is 0 Å². The minimum Gasteiger partial charge on any atom is -0.371 e. The molecular formula is C30H38N4O2. The van der Waals surface area contributed by atoms with E-state index in [0.717, 1.165) is 62.0 Å². The summed E-state index contributed by atoms with van der Waals surface area (Å²) < 4.78 is 0. The molecule has 0 radical (unpaired) electrons. The quantitative estimate of drug-likeness (QED) is 0.425. The maximum Gasteiger partial charge on any atom is 0.256 e. The van der Waals surface area contributed by atoms with Crippen LogP contribution >= 0.6 is 0 Å². The molecule has 0 bridgehead atoms. The molecule has 0 spiro atoms. The first-order chi connectivity index (χ1) is 17.5. The predicted molar refractivity (Wildman–Crippen MR) is 149 cm³/mol. The first kappa shape index (κ1) is 25.7. The molecule has 0 atom stereocenters. The lowest BCUT2D eigenvalue weighted by atomic mass is 9.97. The fourth-order valence-corrected chi connectivity index (χ4v) is 4.91. The second-order valence-corrected chi connectivity index (χ2v) is 9.67. The molecule has 0 aromatic heterocycles. The second-order valence-electron chi connectivity index (χ2n) is 9.67. The number of anilines is 2. The normalized spacial score (nSPS) is 14.3. The van der Waals surface area contributed by atoms with E-state index in [0.29, 0.717) is 29.3 Å². The Morgan fingerprint density at radius 2 is 1.64 bits per heavy atom. The van der Waals surface area contributed by atoms with Gasteiger partial charge < -0.3 is 20.4 Å². The van der Waals surface area contributed by atoms with Crippen molar-refractivity contribution in [2.45, 2.75) is 33.6 Å². The number of carbonyl (C=O) groups is 2. The van der Waals surface area contributed by atoms with Crippen molar-refractivity contribution in [1.82, 2.24) is 10.2 Å². The van der Waals surface area contributed by atoms with Gasteiger partial charge in [-0.25, -0.2) is 0 Å². The highest BCUT2D eigenvalue weighted by atomic mass is 16.2. The third-order valence-electron chi connectivity index (χ3n) is 7.27. The van der Waals surface area contributed by atoms with E-state index in [1.54, 1.807) is 0 Å². The van der Waals surface area contributed by atoms with E-state index in [1.807, 2.05) is 60.7 Å². The lowest BCUT2D eigenvalue weighted by molar-refractivity contribution is 0.0948. The fourth-order valence-electron chi connectivity index (χ4n) is 4.91. The van der Waals surface area contributed by atoms with Crippen molar-refractivity contribution in [2.24, 2.45) is 5.92 Å². The Labute approximate surface area is 214 Å². The van der Waals surface area contributed by atoms with Gasteiger partial charge in [0, 0.05) is 43.1 Å². The van der Waals surface area contributed by atoms with Gasteiger partial charge in [-0.15, -0.1) is 0 Å². The topological polar surface area (TPSA) is 64.7 Å². The molecule has 6 heteroatoms. The summed E-state index contributed by atoms with van der Waals surface area (Å²) in [5, 5.41) is 8.06. The average molecular weight is 487 g/mol. The highest BCUT2D eigenvalue weighted by Gasteiger charge is 2.22. The van der Waals surface area contributed by atoms with E-state index in [1.165, 1.54) is 0 Å². The Morgan fingerprint density at radius 1 is 0.917 bits per heavy atom. The van der Waals surface area contributed by atoms with Crippen LogP contribution in [-0.2, 0) is 0 Å². The van der Waals surface area contributed by atoms with Crippen molar-refractivity contribution in [3.05, 3.63) is 71.8 Å². The molecule has 1 aliphatic rings. The maximum atomic E-state index is 13.3. The average Bonchev–Trinajstić information content (AvgIpc) is 2.91. The van der Waals surface area contributed by atoms with Crippen molar-refractivity contribution in [2.75, 3.05) is 49.5 Å². The Morgan fingerprint density at radius 3 is 2.39 bits per heavy atom. The van der Waals surface area contributed by atoms with Gasteiger partial charge in [-0.05, 0) is 66.9 Å². The van der Waals surface area contributed by atoms with E-state index in [4.69, 9.17) is 0 Å². The molecule has 0 saturated carbocycles. The van der Waals surface area contributed by atoms with Crippen LogP contribution in [0.1, 0.15) is 54.3 Å². The molecule has 1 heterocycles. The summed E-state index contributed by atoms with van der Waals surface area (Å²) >= 11 is 0. The summed E-state index contributed by atoms with van der Waals surface area (Å²) in [6.07, 6.45) is 2.23. The highest BCUT2D eigenvalue weighted by Crippen LogP contribution is 2.29. The Balaban J connectivity index is 1.57. The molecule has 190 valence electrons. The molecule has 1 aliphatic heterocycles. The summed E-state index contributed by atoms with van der Waals surface area (Å²) in [5.41, 5.74) is 2.79. The number of nitrogens with zero attached hydrogens (tertiary/aromatic N) is 2. The SMILES string of the molecule is CCN(CC)CCNC(=O)c1cc(NC(=O)c2cccc3ccccc23)ccc1N1CCC(C)CC1. The van der Waals surface area contributed by atoms with E-state index < -0.39 is 0 Å². The first-order valence-electron chi connectivity index (χ1n) is 13.2. The summed E-state index contributed by atoms with van der Waals surface area (Å²) in [6.45, 7) is 11.7. The van der Waals surface area contributed by atoms with Crippen LogP contribution in [0.15, 0.2) is 60.7 Å². The molecule has 3 aromatic carbocycles. The Kier molecular flexibility index (Phi) is 8.60. The number of likely N-dealkylation sites (N-methyl/N-ethyl adjacent to an activating group) is 1. The zero-order valence-corrected chi connectivity index (χ0v) is 21.7. The third-order valence-corrected chi connectivity index (χ3v) is 7.27. The van der Waals surface area contributed by atoms with Gasteiger partial charge in [-0.2, -0.15) is 0 Å². The van der Waals surface area contributed by atoms with Crippen molar-refractivity contribution in [1.29, 1.82) is 0 Å². The van der Waals surface area contributed by atoms with Crippen LogP contribution < -0.4 is 15.5 Å². The molecule has 2 amide bonds. The number of rotatable bonds is 9.